The molecule has 0 saturated carbocycles. The van der Waals surface area contributed by atoms with Crippen LogP contribution in [-0.4, -0.2) is 55.6 Å². The van der Waals surface area contributed by atoms with Gasteiger partial charge in [0.2, 0.25) is 0 Å². The third-order valence-corrected chi connectivity index (χ3v) is 3.28. The Bertz CT molecular complexity index is 501. The maximum absolute atomic E-state index is 9.10. The SMILES string of the molecule is COCCCNCCCOc1ccc(Cl)c(Cl)c1.O=C(O)C(=O)O. The number of carbonyl (C=O) groups is 2. The van der Waals surface area contributed by atoms with Crippen LogP contribution >= 0.6 is 23.2 Å². The number of ether oxygens (including phenoxy) is 2. The fraction of sp³-hybridized carbons (Fsp3) is 0.467. The van der Waals surface area contributed by atoms with Crippen molar-refractivity contribution in [2.24, 2.45) is 0 Å². The lowest BCUT2D eigenvalue weighted by Crippen LogP contribution is -2.19. The zero-order chi connectivity index (χ0) is 18.4. The minimum atomic E-state index is -1.82. The number of carboxylic acids is 2. The molecule has 0 heterocycles. The highest BCUT2D eigenvalue weighted by molar-refractivity contribution is 6.42. The first-order chi connectivity index (χ1) is 11.4. The van der Waals surface area contributed by atoms with Crippen molar-refractivity contribution in [1.29, 1.82) is 0 Å². The van der Waals surface area contributed by atoms with E-state index in [1.807, 2.05) is 6.07 Å². The van der Waals surface area contributed by atoms with Crippen LogP contribution in [0.1, 0.15) is 12.8 Å². The lowest BCUT2D eigenvalue weighted by molar-refractivity contribution is -0.159. The number of benzene rings is 1. The summed E-state index contributed by atoms with van der Waals surface area (Å²) in [6, 6.07) is 5.29. The Balaban J connectivity index is 0.000000754. The van der Waals surface area contributed by atoms with Gasteiger partial charge in [-0.05, 0) is 38.1 Å². The van der Waals surface area contributed by atoms with Crippen molar-refractivity contribution in [3.63, 3.8) is 0 Å². The van der Waals surface area contributed by atoms with E-state index in [2.05, 4.69) is 5.32 Å². The zero-order valence-electron chi connectivity index (χ0n) is 13.3. The van der Waals surface area contributed by atoms with Crippen LogP contribution in [0.3, 0.4) is 0 Å². The second-order valence-corrected chi connectivity index (χ2v) is 5.30. The third kappa shape index (κ3) is 12.0. The summed E-state index contributed by atoms with van der Waals surface area (Å²) in [6.45, 7) is 3.37. The summed E-state index contributed by atoms with van der Waals surface area (Å²) in [5.74, 6) is -2.89. The zero-order valence-corrected chi connectivity index (χ0v) is 14.8. The van der Waals surface area contributed by atoms with Gasteiger partial charge >= 0.3 is 11.9 Å². The Hall–Kier alpha value is -1.54. The molecule has 0 spiro atoms. The summed E-state index contributed by atoms with van der Waals surface area (Å²) in [7, 11) is 1.71. The molecule has 24 heavy (non-hydrogen) atoms. The predicted octanol–water partition coefficient (Wildman–Crippen LogP) is 2.54. The first-order valence-corrected chi connectivity index (χ1v) is 7.87. The van der Waals surface area contributed by atoms with Crippen LogP contribution in [0.4, 0.5) is 0 Å². The van der Waals surface area contributed by atoms with E-state index in [-0.39, 0.29) is 0 Å². The summed E-state index contributed by atoms with van der Waals surface area (Å²) in [6.07, 6.45) is 1.98. The molecule has 0 aromatic heterocycles. The van der Waals surface area contributed by atoms with Gasteiger partial charge in [-0.2, -0.15) is 0 Å². The molecule has 0 aliphatic rings. The molecule has 0 atom stereocenters. The molecule has 136 valence electrons. The molecule has 0 saturated heterocycles. The van der Waals surface area contributed by atoms with Crippen LogP contribution in [0.5, 0.6) is 5.75 Å². The smallest absolute Gasteiger partial charge is 0.414 e. The number of carboxylic acid groups (broad SMARTS) is 2. The number of hydrogen-bond acceptors (Lipinski definition) is 5. The Morgan fingerprint density at radius 2 is 1.62 bits per heavy atom. The Morgan fingerprint density at radius 3 is 2.12 bits per heavy atom. The van der Waals surface area contributed by atoms with Crippen molar-refractivity contribution >= 4 is 35.1 Å². The second kappa shape index (κ2) is 13.9. The van der Waals surface area contributed by atoms with Gasteiger partial charge < -0.3 is 25.0 Å². The van der Waals surface area contributed by atoms with Gasteiger partial charge in [-0.1, -0.05) is 23.2 Å². The molecule has 3 N–H and O–H groups in total. The molecule has 0 bridgehead atoms. The molecule has 0 aliphatic carbocycles. The van der Waals surface area contributed by atoms with Gasteiger partial charge in [0.05, 0.1) is 16.7 Å². The normalized spacial score (nSPS) is 9.79. The Morgan fingerprint density at radius 1 is 1.04 bits per heavy atom. The van der Waals surface area contributed by atoms with Gasteiger partial charge in [0, 0.05) is 19.8 Å². The monoisotopic (exact) mass is 381 g/mol. The van der Waals surface area contributed by atoms with Gasteiger partial charge in [-0.15, -0.1) is 0 Å². The van der Waals surface area contributed by atoms with Crippen molar-refractivity contribution in [1.82, 2.24) is 5.32 Å². The van der Waals surface area contributed by atoms with Crippen molar-refractivity contribution < 1.29 is 29.3 Å². The molecule has 7 nitrogen and oxygen atoms in total. The van der Waals surface area contributed by atoms with E-state index < -0.39 is 11.9 Å². The number of hydrogen-bond donors (Lipinski definition) is 3. The first kappa shape index (κ1) is 22.5. The lowest BCUT2D eigenvalue weighted by Gasteiger charge is -2.08. The molecule has 1 rings (SSSR count). The molecule has 1 aromatic rings. The van der Waals surface area contributed by atoms with Gasteiger partial charge in [-0.3, -0.25) is 0 Å². The molecule has 0 fully saturated rings. The number of methoxy groups -OCH3 is 1. The molecule has 1 aromatic carbocycles. The highest BCUT2D eigenvalue weighted by Crippen LogP contribution is 2.26. The summed E-state index contributed by atoms with van der Waals surface area (Å²) in [4.78, 5) is 18.2. The molecule has 0 aliphatic heterocycles. The van der Waals surface area contributed by atoms with Crippen LogP contribution in [0.15, 0.2) is 18.2 Å². The summed E-state index contributed by atoms with van der Waals surface area (Å²) < 4.78 is 10.5. The van der Waals surface area contributed by atoms with Crippen LogP contribution in [0.2, 0.25) is 10.0 Å². The van der Waals surface area contributed by atoms with Crippen LogP contribution in [0.25, 0.3) is 0 Å². The number of aliphatic carboxylic acids is 2. The van der Waals surface area contributed by atoms with Gasteiger partial charge in [0.1, 0.15) is 5.75 Å². The molecule has 0 unspecified atom stereocenters. The fourth-order valence-corrected chi connectivity index (χ4v) is 1.71. The molecule has 0 radical (unpaired) electrons. The standard InChI is InChI=1S/C13H19Cl2NO2.C2H2O4/c1-17-8-2-6-16-7-3-9-18-11-4-5-12(14)13(15)10-11;3-1(4)2(5)6/h4-5,10,16H,2-3,6-9H2,1H3;(H,3,4)(H,5,6). The minimum absolute atomic E-state index is 0.520. The molecular weight excluding hydrogens is 361 g/mol. The van der Waals surface area contributed by atoms with Crippen LogP contribution in [-0.2, 0) is 14.3 Å². The topological polar surface area (TPSA) is 105 Å². The highest BCUT2D eigenvalue weighted by Gasteiger charge is 2.04. The van der Waals surface area contributed by atoms with E-state index >= 15 is 0 Å². The molecule has 0 amide bonds. The van der Waals surface area contributed by atoms with E-state index in [0.717, 1.165) is 38.3 Å². The first-order valence-electron chi connectivity index (χ1n) is 7.12. The fourth-order valence-electron chi connectivity index (χ4n) is 1.42. The van der Waals surface area contributed by atoms with Gasteiger partial charge in [-0.25, -0.2) is 9.59 Å². The van der Waals surface area contributed by atoms with E-state index in [4.69, 9.17) is 52.5 Å². The number of halogens is 2. The van der Waals surface area contributed by atoms with Crippen molar-refractivity contribution in [3.05, 3.63) is 28.2 Å². The Kier molecular flexibility index (Phi) is 13.0. The number of nitrogens with one attached hydrogen (secondary N) is 1. The van der Waals surface area contributed by atoms with E-state index in [9.17, 15) is 0 Å². The van der Waals surface area contributed by atoms with Crippen molar-refractivity contribution in [2.75, 3.05) is 33.4 Å². The number of rotatable bonds is 9. The molecule has 9 heteroatoms. The van der Waals surface area contributed by atoms with Crippen LogP contribution in [0, 0.1) is 0 Å². The lowest BCUT2D eigenvalue weighted by atomic mass is 10.3. The summed E-state index contributed by atoms with van der Waals surface area (Å²) >= 11 is 11.7. The second-order valence-electron chi connectivity index (χ2n) is 4.48. The largest absolute Gasteiger partial charge is 0.493 e. The van der Waals surface area contributed by atoms with Gasteiger partial charge in [0.15, 0.2) is 0 Å². The van der Waals surface area contributed by atoms with E-state index in [1.165, 1.54) is 0 Å². The quantitative estimate of drug-likeness (QED) is 0.445. The summed E-state index contributed by atoms with van der Waals surface area (Å²) in [5.41, 5.74) is 0. The predicted molar refractivity (Wildman–Crippen MR) is 91.2 cm³/mol. The molecular formula is C15H21Cl2NO6. The van der Waals surface area contributed by atoms with E-state index in [0.29, 0.717) is 16.7 Å². The van der Waals surface area contributed by atoms with Gasteiger partial charge in [0.25, 0.3) is 0 Å². The highest BCUT2D eigenvalue weighted by atomic mass is 35.5. The third-order valence-electron chi connectivity index (χ3n) is 2.54. The van der Waals surface area contributed by atoms with E-state index in [1.54, 1.807) is 19.2 Å². The minimum Gasteiger partial charge on any atom is -0.493 e. The average molecular weight is 382 g/mol. The maximum Gasteiger partial charge on any atom is 0.414 e. The van der Waals surface area contributed by atoms with Crippen molar-refractivity contribution in [3.8, 4) is 5.75 Å². The Labute approximate surface area is 150 Å². The maximum atomic E-state index is 9.10. The van der Waals surface area contributed by atoms with Crippen LogP contribution < -0.4 is 10.1 Å². The average Bonchev–Trinajstić information content (AvgIpc) is 2.54. The summed E-state index contributed by atoms with van der Waals surface area (Å²) in [5, 5.41) is 19.2. The van der Waals surface area contributed by atoms with Crippen molar-refractivity contribution in [2.45, 2.75) is 12.8 Å².